The Morgan fingerprint density at radius 3 is 2.82 bits per heavy atom. The van der Waals surface area contributed by atoms with Crippen LogP contribution in [-0.2, 0) is 0 Å². The maximum Gasteiger partial charge on any atom is 0.141 e. The van der Waals surface area contributed by atoms with E-state index in [-0.39, 0.29) is 0 Å². The van der Waals surface area contributed by atoms with E-state index in [9.17, 15) is 0 Å². The highest BCUT2D eigenvalue weighted by molar-refractivity contribution is 6.35. The second-order valence-corrected chi connectivity index (χ2v) is 5.67. The Morgan fingerprint density at radius 1 is 1.23 bits per heavy atom. The van der Waals surface area contributed by atoms with Gasteiger partial charge in [0.2, 0.25) is 0 Å². The van der Waals surface area contributed by atoms with Gasteiger partial charge in [-0.25, -0.2) is 9.97 Å². The summed E-state index contributed by atoms with van der Waals surface area (Å²) in [6.45, 7) is 3.63. The van der Waals surface area contributed by atoms with E-state index in [1.54, 1.807) is 18.5 Å². The first kappa shape index (κ1) is 13.3. The summed E-state index contributed by atoms with van der Waals surface area (Å²) in [5, 5.41) is 15.0. The SMILES string of the molecule is N#Cc1cc2c(cn1)[nH]c1ncc(Cl)c(N3CCNCC3)c12. The van der Waals surface area contributed by atoms with Crippen LogP contribution in [0.5, 0.6) is 0 Å². The van der Waals surface area contributed by atoms with Gasteiger partial charge in [0.1, 0.15) is 17.4 Å². The minimum atomic E-state index is 0.389. The molecule has 2 N–H and O–H groups in total. The average molecular weight is 313 g/mol. The highest BCUT2D eigenvalue weighted by atomic mass is 35.5. The second kappa shape index (κ2) is 5.13. The maximum absolute atomic E-state index is 9.10. The fourth-order valence-corrected chi connectivity index (χ4v) is 3.24. The van der Waals surface area contributed by atoms with Crippen molar-refractivity contribution in [1.82, 2.24) is 20.3 Å². The Bertz CT molecular complexity index is 904. The van der Waals surface area contributed by atoms with Gasteiger partial charge in [-0.2, -0.15) is 5.26 Å². The van der Waals surface area contributed by atoms with Gasteiger partial charge < -0.3 is 15.2 Å². The van der Waals surface area contributed by atoms with Crippen LogP contribution in [0.15, 0.2) is 18.5 Å². The van der Waals surface area contributed by atoms with Crippen LogP contribution in [0.4, 0.5) is 5.69 Å². The predicted octanol–water partition coefficient (Wildman–Crippen LogP) is 2.05. The third-order valence-corrected chi connectivity index (χ3v) is 4.26. The molecule has 0 atom stereocenters. The molecule has 22 heavy (non-hydrogen) atoms. The lowest BCUT2D eigenvalue weighted by molar-refractivity contribution is 0.590. The smallest absolute Gasteiger partial charge is 0.141 e. The van der Waals surface area contributed by atoms with Crippen LogP contribution in [0, 0.1) is 11.3 Å². The zero-order valence-corrected chi connectivity index (χ0v) is 12.5. The molecular weight excluding hydrogens is 300 g/mol. The van der Waals surface area contributed by atoms with Crippen molar-refractivity contribution in [3.63, 3.8) is 0 Å². The molecule has 1 aliphatic heterocycles. The number of hydrogen-bond acceptors (Lipinski definition) is 5. The van der Waals surface area contributed by atoms with Crippen molar-refractivity contribution in [3.8, 4) is 6.07 Å². The number of nitriles is 1. The third-order valence-electron chi connectivity index (χ3n) is 3.98. The van der Waals surface area contributed by atoms with Crippen LogP contribution < -0.4 is 10.2 Å². The van der Waals surface area contributed by atoms with E-state index in [1.165, 1.54) is 0 Å². The number of rotatable bonds is 1. The Balaban J connectivity index is 2.04. The summed E-state index contributed by atoms with van der Waals surface area (Å²) >= 11 is 6.45. The van der Waals surface area contributed by atoms with E-state index in [0.717, 1.165) is 53.8 Å². The number of nitrogens with zero attached hydrogens (tertiary/aromatic N) is 4. The number of H-pyrrole nitrogens is 1. The quantitative estimate of drug-likeness (QED) is 0.719. The first-order valence-corrected chi connectivity index (χ1v) is 7.47. The lowest BCUT2D eigenvalue weighted by Crippen LogP contribution is -2.43. The normalized spacial score (nSPS) is 15.4. The van der Waals surface area contributed by atoms with Crippen molar-refractivity contribution in [3.05, 3.63) is 29.2 Å². The molecule has 1 fully saturated rings. The van der Waals surface area contributed by atoms with Gasteiger partial charge in [-0.15, -0.1) is 0 Å². The molecular formula is C15H13ClN6. The van der Waals surface area contributed by atoms with Crippen LogP contribution in [0.25, 0.3) is 21.9 Å². The summed E-state index contributed by atoms with van der Waals surface area (Å²) in [6, 6.07) is 3.87. The van der Waals surface area contributed by atoms with Crippen LogP contribution in [0.1, 0.15) is 5.69 Å². The zero-order chi connectivity index (χ0) is 15.1. The van der Waals surface area contributed by atoms with Gasteiger partial charge in [0.25, 0.3) is 0 Å². The highest BCUT2D eigenvalue weighted by Gasteiger charge is 2.20. The number of halogens is 1. The summed E-state index contributed by atoms with van der Waals surface area (Å²) in [7, 11) is 0. The molecule has 1 saturated heterocycles. The number of hydrogen-bond donors (Lipinski definition) is 2. The molecule has 4 rings (SSSR count). The van der Waals surface area contributed by atoms with Crippen molar-refractivity contribution in [2.24, 2.45) is 0 Å². The zero-order valence-electron chi connectivity index (χ0n) is 11.7. The van der Waals surface area contributed by atoms with Crippen LogP contribution in [-0.4, -0.2) is 41.1 Å². The molecule has 3 aromatic rings. The van der Waals surface area contributed by atoms with Gasteiger partial charge in [0.15, 0.2) is 0 Å². The Morgan fingerprint density at radius 2 is 2.05 bits per heavy atom. The lowest BCUT2D eigenvalue weighted by atomic mass is 10.1. The van der Waals surface area contributed by atoms with E-state index in [2.05, 4.69) is 31.2 Å². The first-order chi connectivity index (χ1) is 10.8. The molecule has 0 radical (unpaired) electrons. The molecule has 0 bridgehead atoms. The van der Waals surface area contributed by atoms with E-state index < -0.39 is 0 Å². The largest absolute Gasteiger partial charge is 0.367 e. The number of nitrogens with one attached hydrogen (secondary N) is 2. The molecule has 3 aromatic heterocycles. The van der Waals surface area contributed by atoms with Gasteiger partial charge in [-0.05, 0) is 6.07 Å². The number of pyridine rings is 2. The van der Waals surface area contributed by atoms with E-state index >= 15 is 0 Å². The van der Waals surface area contributed by atoms with Gasteiger partial charge in [-0.1, -0.05) is 11.6 Å². The molecule has 0 aliphatic carbocycles. The Hall–Kier alpha value is -2.36. The molecule has 4 heterocycles. The summed E-state index contributed by atoms with van der Waals surface area (Å²) in [4.78, 5) is 14.0. The number of piperazine rings is 1. The maximum atomic E-state index is 9.10. The van der Waals surface area contributed by atoms with Gasteiger partial charge in [0.05, 0.1) is 34.0 Å². The molecule has 0 aromatic carbocycles. The fraction of sp³-hybridized carbons (Fsp3) is 0.267. The van der Waals surface area contributed by atoms with Crippen molar-refractivity contribution in [2.45, 2.75) is 0 Å². The predicted molar refractivity (Wildman–Crippen MR) is 86.2 cm³/mol. The third kappa shape index (κ3) is 1.98. The Labute approximate surface area is 131 Å². The van der Waals surface area contributed by atoms with E-state index in [4.69, 9.17) is 16.9 Å². The molecule has 1 aliphatic rings. The number of aromatic nitrogens is 3. The molecule has 6 nitrogen and oxygen atoms in total. The van der Waals surface area contributed by atoms with Gasteiger partial charge >= 0.3 is 0 Å². The Kier molecular flexibility index (Phi) is 3.10. The van der Waals surface area contributed by atoms with Crippen LogP contribution in [0.3, 0.4) is 0 Å². The van der Waals surface area contributed by atoms with Crippen LogP contribution in [0.2, 0.25) is 5.02 Å². The topological polar surface area (TPSA) is 80.6 Å². The molecule has 0 spiro atoms. The summed E-state index contributed by atoms with van der Waals surface area (Å²) in [6.07, 6.45) is 3.35. The average Bonchev–Trinajstić information content (AvgIpc) is 2.93. The number of aromatic amines is 1. The minimum absolute atomic E-state index is 0.389. The lowest BCUT2D eigenvalue weighted by Gasteiger charge is -2.30. The fourth-order valence-electron chi connectivity index (χ4n) is 2.98. The molecule has 0 saturated carbocycles. The first-order valence-electron chi connectivity index (χ1n) is 7.09. The number of anilines is 1. The van der Waals surface area contributed by atoms with Crippen molar-refractivity contribution >= 4 is 39.2 Å². The number of fused-ring (bicyclic) bond motifs is 3. The van der Waals surface area contributed by atoms with Crippen LogP contribution >= 0.6 is 11.6 Å². The minimum Gasteiger partial charge on any atom is -0.367 e. The van der Waals surface area contributed by atoms with Gasteiger partial charge in [-0.3, -0.25) is 0 Å². The summed E-state index contributed by atoms with van der Waals surface area (Å²) < 4.78 is 0. The summed E-state index contributed by atoms with van der Waals surface area (Å²) in [5.41, 5.74) is 3.00. The molecule has 0 amide bonds. The summed E-state index contributed by atoms with van der Waals surface area (Å²) in [5.74, 6) is 0. The highest BCUT2D eigenvalue weighted by Crippen LogP contribution is 2.37. The monoisotopic (exact) mass is 312 g/mol. The van der Waals surface area contributed by atoms with Crippen molar-refractivity contribution < 1.29 is 0 Å². The standard InChI is InChI=1S/C15H13ClN6/c16-11-7-20-15-13(14(11)22-3-1-18-2-4-22)10-5-9(6-17)19-8-12(10)21-15/h5,7-8,18H,1-4H2,(H,20,21). The van der Waals surface area contributed by atoms with E-state index in [0.29, 0.717) is 10.7 Å². The van der Waals surface area contributed by atoms with Crippen molar-refractivity contribution in [2.75, 3.05) is 31.1 Å². The van der Waals surface area contributed by atoms with Gasteiger partial charge in [0, 0.05) is 31.6 Å². The molecule has 110 valence electrons. The van der Waals surface area contributed by atoms with Crippen molar-refractivity contribution in [1.29, 1.82) is 5.26 Å². The molecule has 0 unspecified atom stereocenters. The second-order valence-electron chi connectivity index (χ2n) is 5.27. The molecule has 7 heteroatoms. The van der Waals surface area contributed by atoms with E-state index in [1.807, 2.05) is 0 Å².